The Morgan fingerprint density at radius 1 is 1.03 bits per heavy atom. The molecule has 0 saturated heterocycles. The number of benzene rings is 2. The molecule has 0 saturated carbocycles. The lowest BCUT2D eigenvalue weighted by Gasteiger charge is -2.20. The van der Waals surface area contributed by atoms with Gasteiger partial charge >= 0.3 is 5.97 Å². The van der Waals surface area contributed by atoms with Crippen molar-refractivity contribution >= 4 is 40.3 Å². The van der Waals surface area contributed by atoms with Gasteiger partial charge in [0.1, 0.15) is 11.5 Å². The molecule has 0 N–H and O–H groups in total. The van der Waals surface area contributed by atoms with Crippen molar-refractivity contribution in [3.63, 3.8) is 0 Å². The number of fused-ring (bicyclic) bond motifs is 1. The number of imidazole rings is 1. The minimum Gasteiger partial charge on any atom is -0.497 e. The Labute approximate surface area is 218 Å². The zero-order chi connectivity index (χ0) is 26.7. The van der Waals surface area contributed by atoms with E-state index >= 15 is 0 Å². The van der Waals surface area contributed by atoms with E-state index in [4.69, 9.17) is 25.8 Å². The van der Waals surface area contributed by atoms with Crippen LogP contribution in [0.4, 0.5) is 5.82 Å². The fraction of sp³-hybridized carbons (Fsp3) is 0.269. The molecule has 0 amide bonds. The highest BCUT2D eigenvalue weighted by Crippen LogP contribution is 2.30. The third-order valence-corrected chi connectivity index (χ3v) is 5.98. The van der Waals surface area contributed by atoms with Crippen molar-refractivity contribution in [3.8, 4) is 11.5 Å². The highest BCUT2D eigenvalue weighted by atomic mass is 35.5. The molecule has 4 rings (SSSR count). The SMILES string of the molecule is COC(=O)c1cccc(Cn2c(C(C)=O)nc3c(N(C)Cc4ccc(OC)cc4OC)nc(Cl)nc32)c1. The van der Waals surface area contributed by atoms with E-state index in [-0.39, 0.29) is 23.4 Å². The van der Waals surface area contributed by atoms with Gasteiger partial charge in [-0.1, -0.05) is 12.1 Å². The second-order valence-corrected chi connectivity index (χ2v) is 8.63. The monoisotopic (exact) mass is 523 g/mol. The number of aromatic nitrogens is 4. The van der Waals surface area contributed by atoms with Gasteiger partial charge in [-0.25, -0.2) is 9.78 Å². The molecule has 2 aromatic carbocycles. The zero-order valence-corrected chi connectivity index (χ0v) is 21.9. The molecule has 0 aliphatic carbocycles. The minimum absolute atomic E-state index is 0.00982. The van der Waals surface area contributed by atoms with Gasteiger partial charge in [0.15, 0.2) is 28.6 Å². The number of halogens is 1. The number of ether oxygens (including phenoxy) is 3. The molecule has 11 heteroatoms. The molecule has 2 aromatic heterocycles. The van der Waals surface area contributed by atoms with Crippen LogP contribution in [0.25, 0.3) is 11.2 Å². The first-order valence-corrected chi connectivity index (χ1v) is 11.7. The summed E-state index contributed by atoms with van der Waals surface area (Å²) in [6.45, 7) is 2.08. The molecule has 192 valence electrons. The third-order valence-electron chi connectivity index (χ3n) is 5.82. The van der Waals surface area contributed by atoms with Crippen LogP contribution in [0.2, 0.25) is 5.28 Å². The number of anilines is 1. The van der Waals surface area contributed by atoms with E-state index in [9.17, 15) is 9.59 Å². The summed E-state index contributed by atoms with van der Waals surface area (Å²) in [5.41, 5.74) is 2.87. The average Bonchev–Trinajstić information content (AvgIpc) is 3.26. The van der Waals surface area contributed by atoms with Crippen LogP contribution in [-0.4, -0.2) is 59.6 Å². The quantitative estimate of drug-likeness (QED) is 0.181. The smallest absolute Gasteiger partial charge is 0.337 e. The predicted octanol–water partition coefficient (Wildman–Crippen LogP) is 4.17. The lowest BCUT2D eigenvalue weighted by molar-refractivity contribution is 0.0600. The molecular formula is C26H26ClN5O5. The standard InChI is InChI=1S/C26H26ClN5O5/c1-15(33)22-28-21-23(31(2)14-18-9-10-19(35-3)12-20(18)36-4)29-26(27)30-24(21)32(22)13-16-7-6-8-17(11-16)25(34)37-5/h6-12H,13-14H2,1-5H3. The summed E-state index contributed by atoms with van der Waals surface area (Å²) in [4.78, 5) is 39.8. The van der Waals surface area contributed by atoms with E-state index in [1.807, 2.05) is 30.1 Å². The normalized spacial score (nSPS) is 10.9. The molecule has 0 spiro atoms. The Morgan fingerprint density at radius 2 is 1.81 bits per heavy atom. The van der Waals surface area contributed by atoms with Crippen molar-refractivity contribution < 1.29 is 23.8 Å². The van der Waals surface area contributed by atoms with Crippen LogP contribution in [0.3, 0.4) is 0 Å². The van der Waals surface area contributed by atoms with Crippen molar-refractivity contribution in [2.24, 2.45) is 0 Å². The van der Waals surface area contributed by atoms with E-state index in [1.54, 1.807) is 43.1 Å². The summed E-state index contributed by atoms with van der Waals surface area (Å²) in [7, 11) is 6.35. The van der Waals surface area contributed by atoms with Gasteiger partial charge in [-0.05, 0) is 41.4 Å². The number of rotatable bonds is 9. The molecule has 0 radical (unpaired) electrons. The molecule has 0 aliphatic rings. The van der Waals surface area contributed by atoms with Gasteiger partial charge in [0, 0.05) is 32.1 Å². The van der Waals surface area contributed by atoms with Crippen LogP contribution in [0.5, 0.6) is 11.5 Å². The van der Waals surface area contributed by atoms with Crippen molar-refractivity contribution in [1.82, 2.24) is 19.5 Å². The van der Waals surface area contributed by atoms with Gasteiger partial charge in [0.05, 0.1) is 33.4 Å². The minimum atomic E-state index is -0.452. The topological polar surface area (TPSA) is 109 Å². The molecular weight excluding hydrogens is 498 g/mol. The van der Waals surface area contributed by atoms with E-state index in [0.29, 0.717) is 40.6 Å². The summed E-state index contributed by atoms with van der Waals surface area (Å²) in [6, 6.07) is 12.5. The van der Waals surface area contributed by atoms with Crippen LogP contribution in [0.15, 0.2) is 42.5 Å². The van der Waals surface area contributed by atoms with Gasteiger partial charge in [-0.2, -0.15) is 9.97 Å². The molecule has 10 nitrogen and oxygen atoms in total. The predicted molar refractivity (Wildman–Crippen MR) is 139 cm³/mol. The lowest BCUT2D eigenvalue weighted by atomic mass is 10.1. The van der Waals surface area contributed by atoms with E-state index in [0.717, 1.165) is 11.1 Å². The van der Waals surface area contributed by atoms with Crippen molar-refractivity contribution in [1.29, 1.82) is 0 Å². The van der Waals surface area contributed by atoms with Gasteiger partial charge in [0.2, 0.25) is 5.28 Å². The highest BCUT2D eigenvalue weighted by molar-refractivity contribution is 6.28. The molecule has 0 bridgehead atoms. The lowest BCUT2D eigenvalue weighted by Crippen LogP contribution is -2.19. The summed E-state index contributed by atoms with van der Waals surface area (Å²) in [6.07, 6.45) is 0. The number of hydrogen-bond donors (Lipinski definition) is 0. The van der Waals surface area contributed by atoms with Crippen LogP contribution < -0.4 is 14.4 Å². The summed E-state index contributed by atoms with van der Waals surface area (Å²) in [5.74, 6) is 1.29. The van der Waals surface area contributed by atoms with Crippen molar-refractivity contribution in [2.75, 3.05) is 33.3 Å². The summed E-state index contributed by atoms with van der Waals surface area (Å²) < 4.78 is 17.3. The van der Waals surface area contributed by atoms with E-state index in [1.165, 1.54) is 14.0 Å². The summed E-state index contributed by atoms with van der Waals surface area (Å²) >= 11 is 6.34. The van der Waals surface area contributed by atoms with Gasteiger partial charge in [-0.3, -0.25) is 4.79 Å². The molecule has 0 aliphatic heterocycles. The first kappa shape index (κ1) is 25.9. The zero-order valence-electron chi connectivity index (χ0n) is 21.1. The number of ketones is 1. The number of methoxy groups -OCH3 is 3. The average molecular weight is 524 g/mol. The van der Waals surface area contributed by atoms with Crippen LogP contribution >= 0.6 is 11.6 Å². The Kier molecular flexibility index (Phi) is 7.58. The van der Waals surface area contributed by atoms with Crippen molar-refractivity contribution in [3.05, 3.63) is 70.3 Å². The third kappa shape index (κ3) is 5.34. The number of hydrogen-bond acceptors (Lipinski definition) is 9. The van der Waals surface area contributed by atoms with Gasteiger partial charge < -0.3 is 23.7 Å². The maximum absolute atomic E-state index is 12.6. The first-order valence-electron chi connectivity index (χ1n) is 11.3. The molecule has 0 fully saturated rings. The number of carbonyl (C=O) groups is 2. The van der Waals surface area contributed by atoms with Crippen LogP contribution in [0.1, 0.15) is 39.0 Å². The summed E-state index contributed by atoms with van der Waals surface area (Å²) in [5, 5.41) is 0.00982. The molecule has 0 atom stereocenters. The van der Waals surface area contributed by atoms with E-state index in [2.05, 4.69) is 15.0 Å². The van der Waals surface area contributed by atoms with E-state index < -0.39 is 5.97 Å². The second-order valence-electron chi connectivity index (χ2n) is 8.29. The Bertz CT molecular complexity index is 1490. The number of nitrogens with zero attached hydrogens (tertiary/aromatic N) is 5. The number of esters is 1. The maximum atomic E-state index is 12.6. The fourth-order valence-corrected chi connectivity index (χ4v) is 4.22. The maximum Gasteiger partial charge on any atom is 0.337 e. The number of carbonyl (C=O) groups excluding carboxylic acids is 2. The fourth-order valence-electron chi connectivity index (χ4n) is 4.06. The Hall–Kier alpha value is -4.18. The van der Waals surface area contributed by atoms with Crippen LogP contribution in [-0.2, 0) is 17.8 Å². The molecule has 0 unspecified atom stereocenters. The van der Waals surface area contributed by atoms with Gasteiger partial charge in [0.25, 0.3) is 0 Å². The number of Topliss-reactive ketones (excluding diaryl/α,β-unsaturated/α-hetero) is 1. The molecule has 2 heterocycles. The second kappa shape index (κ2) is 10.8. The molecule has 4 aromatic rings. The molecule has 37 heavy (non-hydrogen) atoms. The first-order chi connectivity index (χ1) is 17.7. The Balaban J connectivity index is 1.78. The van der Waals surface area contributed by atoms with Gasteiger partial charge in [-0.15, -0.1) is 0 Å². The largest absolute Gasteiger partial charge is 0.497 e. The van der Waals surface area contributed by atoms with Crippen LogP contribution in [0, 0.1) is 0 Å². The Morgan fingerprint density at radius 3 is 2.49 bits per heavy atom. The van der Waals surface area contributed by atoms with Crippen molar-refractivity contribution in [2.45, 2.75) is 20.0 Å². The highest BCUT2D eigenvalue weighted by Gasteiger charge is 2.23.